The lowest BCUT2D eigenvalue weighted by Crippen LogP contribution is -2.24. The Hall–Kier alpha value is -1.16. The molecule has 1 rings (SSSR count). The molecule has 1 amide bonds. The van der Waals surface area contributed by atoms with E-state index in [0.29, 0.717) is 23.0 Å². The highest BCUT2D eigenvalue weighted by molar-refractivity contribution is 9.10. The molecule has 15 heavy (non-hydrogen) atoms. The maximum absolute atomic E-state index is 12.7. The van der Waals surface area contributed by atoms with E-state index >= 15 is 0 Å². The molecule has 1 aromatic carbocycles. The van der Waals surface area contributed by atoms with E-state index < -0.39 is 0 Å². The lowest BCUT2D eigenvalue weighted by Gasteiger charge is -2.05. The number of rotatable bonds is 4. The molecule has 0 bridgehead atoms. The van der Waals surface area contributed by atoms with Crippen LogP contribution in [0.1, 0.15) is 16.8 Å². The minimum absolute atomic E-state index is 0.219. The molecule has 0 saturated heterocycles. The van der Waals surface area contributed by atoms with Gasteiger partial charge < -0.3 is 5.32 Å². The van der Waals surface area contributed by atoms with E-state index in [0.717, 1.165) is 0 Å². The van der Waals surface area contributed by atoms with Gasteiger partial charge in [0.1, 0.15) is 5.82 Å². The number of hydrogen-bond donors (Lipinski definition) is 1. The highest BCUT2D eigenvalue weighted by Crippen LogP contribution is 2.17. The molecule has 0 atom stereocenters. The van der Waals surface area contributed by atoms with Gasteiger partial charge in [-0.25, -0.2) is 4.39 Å². The molecule has 80 valence electrons. The zero-order chi connectivity index (χ0) is 11.3. The normalized spacial score (nSPS) is 9.73. The Morgan fingerprint density at radius 3 is 2.93 bits per heavy atom. The standard InChI is InChI=1S/C11H11BrFNO/c1-2-3-6-14-11(15)9-5-4-8(13)7-10(9)12/h2,4-5,7H,1,3,6H2,(H,14,15). The number of nitrogens with one attached hydrogen (secondary N) is 1. The quantitative estimate of drug-likeness (QED) is 0.662. The fourth-order valence-electron chi connectivity index (χ4n) is 1.06. The molecule has 0 aromatic heterocycles. The largest absolute Gasteiger partial charge is 0.352 e. The van der Waals surface area contributed by atoms with Gasteiger partial charge in [-0.2, -0.15) is 0 Å². The van der Waals surface area contributed by atoms with Gasteiger partial charge >= 0.3 is 0 Å². The van der Waals surface area contributed by atoms with Crippen LogP contribution in [0.2, 0.25) is 0 Å². The van der Waals surface area contributed by atoms with Crippen LogP contribution < -0.4 is 5.32 Å². The second-order valence-electron chi connectivity index (χ2n) is 2.96. The van der Waals surface area contributed by atoms with Crippen LogP contribution in [0.4, 0.5) is 4.39 Å². The fourth-order valence-corrected chi connectivity index (χ4v) is 1.59. The number of amides is 1. The van der Waals surface area contributed by atoms with Crippen molar-refractivity contribution in [3.63, 3.8) is 0 Å². The molecule has 0 fully saturated rings. The van der Waals surface area contributed by atoms with Crippen LogP contribution in [-0.4, -0.2) is 12.5 Å². The van der Waals surface area contributed by atoms with Crippen molar-refractivity contribution in [2.24, 2.45) is 0 Å². The van der Waals surface area contributed by atoms with E-state index in [4.69, 9.17) is 0 Å². The van der Waals surface area contributed by atoms with Crippen molar-refractivity contribution in [2.45, 2.75) is 6.42 Å². The first-order chi connectivity index (χ1) is 7.15. The number of carbonyl (C=O) groups is 1. The van der Waals surface area contributed by atoms with Gasteiger partial charge in [0, 0.05) is 11.0 Å². The molecule has 0 aliphatic carbocycles. The van der Waals surface area contributed by atoms with Crippen LogP contribution in [0.25, 0.3) is 0 Å². The zero-order valence-corrected chi connectivity index (χ0v) is 9.68. The fraction of sp³-hybridized carbons (Fsp3) is 0.182. The number of halogens is 2. The maximum atomic E-state index is 12.7. The average molecular weight is 272 g/mol. The summed E-state index contributed by atoms with van der Waals surface area (Å²) in [6, 6.07) is 3.97. The van der Waals surface area contributed by atoms with Crippen molar-refractivity contribution in [1.82, 2.24) is 5.32 Å². The van der Waals surface area contributed by atoms with Crippen LogP contribution in [-0.2, 0) is 0 Å². The van der Waals surface area contributed by atoms with Crippen molar-refractivity contribution in [3.05, 3.63) is 46.7 Å². The van der Waals surface area contributed by atoms with E-state index in [-0.39, 0.29) is 11.7 Å². The predicted octanol–water partition coefficient (Wildman–Crippen LogP) is 2.89. The highest BCUT2D eigenvalue weighted by Gasteiger charge is 2.09. The molecule has 1 aromatic rings. The summed E-state index contributed by atoms with van der Waals surface area (Å²) < 4.78 is 13.2. The van der Waals surface area contributed by atoms with Gasteiger partial charge in [0.2, 0.25) is 0 Å². The van der Waals surface area contributed by atoms with Crippen molar-refractivity contribution < 1.29 is 9.18 Å². The first kappa shape index (κ1) is 11.9. The van der Waals surface area contributed by atoms with Gasteiger partial charge in [0.15, 0.2) is 0 Å². The average Bonchev–Trinajstić information content (AvgIpc) is 2.17. The Kier molecular flexibility index (Phi) is 4.49. The minimum Gasteiger partial charge on any atom is -0.352 e. The highest BCUT2D eigenvalue weighted by atomic mass is 79.9. The second-order valence-corrected chi connectivity index (χ2v) is 3.81. The Morgan fingerprint density at radius 2 is 2.33 bits per heavy atom. The summed E-state index contributed by atoms with van der Waals surface area (Å²) in [6.45, 7) is 4.08. The molecule has 0 spiro atoms. The van der Waals surface area contributed by atoms with Gasteiger partial charge in [-0.15, -0.1) is 6.58 Å². The van der Waals surface area contributed by atoms with Crippen LogP contribution in [0.15, 0.2) is 35.3 Å². The predicted molar refractivity (Wildman–Crippen MR) is 61.2 cm³/mol. The van der Waals surface area contributed by atoms with Crippen molar-refractivity contribution >= 4 is 21.8 Å². The van der Waals surface area contributed by atoms with Crippen LogP contribution in [0.5, 0.6) is 0 Å². The Morgan fingerprint density at radius 1 is 1.60 bits per heavy atom. The van der Waals surface area contributed by atoms with E-state index in [1.165, 1.54) is 18.2 Å². The maximum Gasteiger partial charge on any atom is 0.252 e. The summed E-state index contributed by atoms with van der Waals surface area (Å²) in [5.74, 6) is -0.590. The zero-order valence-electron chi connectivity index (χ0n) is 8.09. The summed E-state index contributed by atoms with van der Waals surface area (Å²) >= 11 is 3.14. The molecule has 2 nitrogen and oxygen atoms in total. The molecule has 1 N–H and O–H groups in total. The lowest BCUT2D eigenvalue weighted by atomic mass is 10.2. The molecule has 0 saturated carbocycles. The van der Waals surface area contributed by atoms with Gasteiger partial charge in [0.05, 0.1) is 5.56 Å². The Balaban J connectivity index is 2.69. The van der Waals surface area contributed by atoms with Gasteiger partial charge in [-0.3, -0.25) is 4.79 Å². The van der Waals surface area contributed by atoms with Gasteiger partial charge in [0.25, 0.3) is 5.91 Å². The minimum atomic E-state index is -0.371. The first-order valence-corrected chi connectivity index (χ1v) is 5.28. The molecule has 0 radical (unpaired) electrons. The van der Waals surface area contributed by atoms with Gasteiger partial charge in [-0.1, -0.05) is 6.08 Å². The topological polar surface area (TPSA) is 29.1 Å². The lowest BCUT2D eigenvalue weighted by molar-refractivity contribution is 0.0953. The summed E-state index contributed by atoms with van der Waals surface area (Å²) in [5, 5.41) is 2.70. The van der Waals surface area contributed by atoms with Crippen molar-refractivity contribution in [2.75, 3.05) is 6.54 Å². The van der Waals surface area contributed by atoms with E-state index in [9.17, 15) is 9.18 Å². The monoisotopic (exact) mass is 271 g/mol. The van der Waals surface area contributed by atoms with Gasteiger partial charge in [-0.05, 0) is 40.5 Å². The third kappa shape index (κ3) is 3.47. The van der Waals surface area contributed by atoms with Crippen molar-refractivity contribution in [1.29, 1.82) is 0 Å². The smallest absolute Gasteiger partial charge is 0.252 e. The first-order valence-electron chi connectivity index (χ1n) is 4.49. The molecule has 0 unspecified atom stereocenters. The third-order valence-electron chi connectivity index (χ3n) is 1.81. The molecule has 0 heterocycles. The number of hydrogen-bond acceptors (Lipinski definition) is 1. The van der Waals surface area contributed by atoms with Crippen LogP contribution in [0.3, 0.4) is 0 Å². The van der Waals surface area contributed by atoms with E-state index in [2.05, 4.69) is 27.8 Å². The third-order valence-corrected chi connectivity index (χ3v) is 2.47. The molecule has 0 aliphatic heterocycles. The molecular weight excluding hydrogens is 261 g/mol. The summed E-state index contributed by atoms with van der Waals surface area (Å²) in [7, 11) is 0. The summed E-state index contributed by atoms with van der Waals surface area (Å²) in [5.41, 5.74) is 0.431. The summed E-state index contributed by atoms with van der Waals surface area (Å²) in [4.78, 5) is 11.6. The second kappa shape index (κ2) is 5.66. The molecular formula is C11H11BrFNO. The Bertz CT molecular complexity index is 379. The van der Waals surface area contributed by atoms with E-state index in [1.54, 1.807) is 6.08 Å². The number of benzene rings is 1. The Labute approximate surface area is 96.3 Å². The molecule has 4 heteroatoms. The number of carbonyl (C=O) groups excluding carboxylic acids is 1. The summed E-state index contributed by atoms with van der Waals surface area (Å²) in [6.07, 6.45) is 2.44. The van der Waals surface area contributed by atoms with Crippen LogP contribution >= 0.6 is 15.9 Å². The molecule has 0 aliphatic rings. The van der Waals surface area contributed by atoms with E-state index in [1.807, 2.05) is 0 Å². The SMILES string of the molecule is C=CCCNC(=O)c1ccc(F)cc1Br. The van der Waals surface area contributed by atoms with Crippen LogP contribution in [0, 0.1) is 5.82 Å². The van der Waals surface area contributed by atoms with Crippen molar-refractivity contribution in [3.8, 4) is 0 Å².